The van der Waals surface area contributed by atoms with Crippen LogP contribution in [0.15, 0.2) is 36.7 Å². The van der Waals surface area contributed by atoms with Gasteiger partial charge in [0.1, 0.15) is 17.7 Å². The van der Waals surface area contributed by atoms with Gasteiger partial charge in [0.05, 0.1) is 0 Å². The lowest BCUT2D eigenvalue weighted by molar-refractivity contribution is -0.122. The summed E-state index contributed by atoms with van der Waals surface area (Å²) in [6.07, 6.45) is 8.62. The minimum absolute atomic E-state index is 0. The van der Waals surface area contributed by atoms with Gasteiger partial charge in [-0.15, -0.1) is 24.8 Å². The number of hydrogen-bond acceptors (Lipinski definition) is 3. The second-order valence-corrected chi connectivity index (χ2v) is 7.63. The Bertz CT molecular complexity index is 788. The second-order valence-electron chi connectivity index (χ2n) is 7.63. The third-order valence-electron chi connectivity index (χ3n) is 5.65. The van der Waals surface area contributed by atoms with Crippen LogP contribution in [0.4, 0.5) is 4.39 Å². The van der Waals surface area contributed by atoms with Crippen molar-refractivity contribution in [1.82, 2.24) is 20.2 Å². The summed E-state index contributed by atoms with van der Waals surface area (Å²) in [4.78, 5) is 17.1. The van der Waals surface area contributed by atoms with Crippen LogP contribution in [0.1, 0.15) is 49.5 Å². The quantitative estimate of drug-likeness (QED) is 0.765. The first-order valence-corrected chi connectivity index (χ1v) is 9.36. The lowest BCUT2D eigenvalue weighted by Gasteiger charge is -2.29. The molecule has 2 aliphatic rings. The van der Waals surface area contributed by atoms with E-state index < -0.39 is 6.04 Å². The van der Waals surface area contributed by atoms with Crippen LogP contribution in [-0.4, -0.2) is 27.5 Å². The van der Waals surface area contributed by atoms with Crippen molar-refractivity contribution in [1.29, 1.82) is 0 Å². The number of carbonyl (C=O) groups is 1. The Hall–Kier alpha value is -1.63. The molecule has 1 aromatic heterocycles. The lowest BCUT2D eigenvalue weighted by Crippen LogP contribution is -2.40. The highest BCUT2D eigenvalue weighted by atomic mass is 35.5. The predicted molar refractivity (Wildman–Crippen MR) is 111 cm³/mol. The van der Waals surface area contributed by atoms with Crippen molar-refractivity contribution in [2.45, 2.75) is 50.2 Å². The van der Waals surface area contributed by atoms with E-state index in [1.165, 1.54) is 25.0 Å². The maximum atomic E-state index is 13.7. The summed E-state index contributed by atoms with van der Waals surface area (Å²) in [5.74, 6) is 0.817. The summed E-state index contributed by atoms with van der Waals surface area (Å²) in [6, 6.07) is 7.05. The molecule has 0 aliphatic carbocycles. The summed E-state index contributed by atoms with van der Waals surface area (Å²) in [5, 5.41) is 6.70. The van der Waals surface area contributed by atoms with E-state index in [-0.39, 0.29) is 36.5 Å². The molecule has 2 bridgehead atoms. The monoisotopic (exact) mass is 428 g/mol. The average Bonchev–Trinajstić information content (AvgIpc) is 3.18. The molecule has 8 heteroatoms. The van der Waals surface area contributed by atoms with E-state index >= 15 is 0 Å². The second kappa shape index (κ2) is 9.72. The number of fused-ring (bicyclic) bond motifs is 2. The number of imidazole rings is 1. The van der Waals surface area contributed by atoms with Crippen molar-refractivity contribution < 1.29 is 9.18 Å². The van der Waals surface area contributed by atoms with E-state index in [4.69, 9.17) is 0 Å². The van der Waals surface area contributed by atoms with Gasteiger partial charge in [-0.2, -0.15) is 0 Å². The van der Waals surface area contributed by atoms with Gasteiger partial charge in [0, 0.05) is 37.9 Å². The van der Waals surface area contributed by atoms with Gasteiger partial charge in [0.25, 0.3) is 0 Å². The van der Waals surface area contributed by atoms with Crippen LogP contribution in [0.2, 0.25) is 0 Å². The molecule has 4 rings (SSSR count). The van der Waals surface area contributed by atoms with E-state index in [1.807, 2.05) is 23.9 Å². The molecule has 2 aliphatic heterocycles. The van der Waals surface area contributed by atoms with Crippen LogP contribution in [0, 0.1) is 11.7 Å². The standard InChI is InChI=1S/C20H25FN4O.2ClH/c1-25-8-7-22-20(25)19(14-3-2-4-15(21)12-14)24-18(26)11-13-9-16-5-6-17(10-13)23-16;;/h2-4,7-8,12-13,16-17,19,23H,5-6,9-11H2,1H3,(H,24,26);2*1H. The minimum Gasteiger partial charge on any atom is -0.342 e. The van der Waals surface area contributed by atoms with Crippen LogP contribution in [0.3, 0.4) is 0 Å². The highest BCUT2D eigenvalue weighted by Crippen LogP contribution is 2.33. The zero-order valence-corrected chi connectivity index (χ0v) is 17.4. The highest BCUT2D eigenvalue weighted by Gasteiger charge is 2.34. The molecule has 28 heavy (non-hydrogen) atoms. The van der Waals surface area contributed by atoms with Gasteiger partial charge in [0.2, 0.25) is 5.91 Å². The van der Waals surface area contributed by atoms with Gasteiger partial charge in [-0.25, -0.2) is 9.37 Å². The molecule has 2 aromatic rings. The summed E-state index contributed by atoms with van der Waals surface area (Å²) in [6.45, 7) is 0. The molecule has 1 aromatic carbocycles. The number of aryl methyl sites for hydroxylation is 1. The van der Waals surface area contributed by atoms with Crippen LogP contribution in [0.25, 0.3) is 0 Å². The van der Waals surface area contributed by atoms with Crippen LogP contribution >= 0.6 is 24.8 Å². The van der Waals surface area contributed by atoms with Gasteiger partial charge >= 0.3 is 0 Å². The van der Waals surface area contributed by atoms with Gasteiger partial charge in [-0.1, -0.05) is 12.1 Å². The number of piperidine rings is 1. The molecule has 2 fully saturated rings. The summed E-state index contributed by atoms with van der Waals surface area (Å²) in [7, 11) is 1.88. The molecule has 3 unspecified atom stereocenters. The number of rotatable bonds is 5. The molecule has 154 valence electrons. The summed E-state index contributed by atoms with van der Waals surface area (Å²) in [5.41, 5.74) is 0.707. The Kier molecular flexibility index (Phi) is 7.87. The Labute approximate surface area is 177 Å². The maximum absolute atomic E-state index is 13.7. The van der Waals surface area contributed by atoms with Crippen LogP contribution in [-0.2, 0) is 11.8 Å². The van der Waals surface area contributed by atoms with Gasteiger partial charge in [-0.3, -0.25) is 4.79 Å². The molecular formula is C20H27Cl2FN4O. The largest absolute Gasteiger partial charge is 0.342 e. The summed E-state index contributed by atoms with van der Waals surface area (Å²) >= 11 is 0. The van der Waals surface area contributed by atoms with Crippen molar-refractivity contribution in [2.24, 2.45) is 13.0 Å². The molecule has 5 nitrogen and oxygen atoms in total. The minimum atomic E-state index is -0.448. The van der Waals surface area contributed by atoms with Crippen molar-refractivity contribution in [3.63, 3.8) is 0 Å². The molecule has 1 amide bonds. The fourth-order valence-corrected chi connectivity index (χ4v) is 4.46. The maximum Gasteiger partial charge on any atom is 0.221 e. The van der Waals surface area contributed by atoms with Crippen LogP contribution in [0.5, 0.6) is 0 Å². The zero-order valence-electron chi connectivity index (χ0n) is 15.8. The van der Waals surface area contributed by atoms with E-state index in [0.29, 0.717) is 35.8 Å². The topological polar surface area (TPSA) is 59.0 Å². The molecule has 0 radical (unpaired) electrons. The van der Waals surface area contributed by atoms with E-state index in [0.717, 1.165) is 12.8 Å². The normalized spacial score (nSPS) is 24.0. The Balaban J connectivity index is 0.00000140. The van der Waals surface area contributed by atoms with Crippen molar-refractivity contribution in [2.75, 3.05) is 0 Å². The number of nitrogens with one attached hydrogen (secondary N) is 2. The molecule has 2 N–H and O–H groups in total. The molecule has 0 saturated carbocycles. The lowest BCUT2D eigenvalue weighted by atomic mass is 9.89. The fourth-order valence-electron chi connectivity index (χ4n) is 4.46. The Morgan fingerprint density at radius 2 is 2.04 bits per heavy atom. The number of aromatic nitrogens is 2. The van der Waals surface area contributed by atoms with Gasteiger partial charge < -0.3 is 15.2 Å². The van der Waals surface area contributed by atoms with Gasteiger partial charge in [-0.05, 0) is 49.3 Å². The van der Waals surface area contributed by atoms with E-state index in [1.54, 1.807) is 12.3 Å². The first-order valence-electron chi connectivity index (χ1n) is 9.36. The van der Waals surface area contributed by atoms with Crippen molar-refractivity contribution in [3.05, 3.63) is 53.9 Å². The fraction of sp³-hybridized carbons (Fsp3) is 0.500. The Morgan fingerprint density at radius 3 is 2.64 bits per heavy atom. The molecule has 0 spiro atoms. The summed E-state index contributed by atoms with van der Waals surface area (Å²) < 4.78 is 15.6. The predicted octanol–water partition coefficient (Wildman–Crippen LogP) is 3.53. The highest BCUT2D eigenvalue weighted by molar-refractivity contribution is 5.85. The van der Waals surface area contributed by atoms with Gasteiger partial charge in [0.15, 0.2) is 0 Å². The zero-order chi connectivity index (χ0) is 18.1. The first-order chi connectivity index (χ1) is 12.6. The molecule has 3 heterocycles. The van der Waals surface area contributed by atoms with Crippen molar-refractivity contribution in [3.8, 4) is 0 Å². The third kappa shape index (κ3) is 5.04. The number of hydrogen-bond donors (Lipinski definition) is 2. The molecule has 3 atom stereocenters. The first kappa shape index (κ1) is 22.7. The number of benzene rings is 1. The Morgan fingerprint density at radius 1 is 1.32 bits per heavy atom. The molecule has 2 saturated heterocycles. The number of amides is 1. The van der Waals surface area contributed by atoms with Crippen LogP contribution < -0.4 is 10.6 Å². The molecular weight excluding hydrogens is 402 g/mol. The third-order valence-corrected chi connectivity index (χ3v) is 5.65. The SMILES string of the molecule is Cl.Cl.Cn1ccnc1C(NC(=O)CC1CC2CCC(C1)N2)c1cccc(F)c1. The number of halogens is 3. The van der Waals surface area contributed by atoms with Crippen molar-refractivity contribution >= 4 is 30.7 Å². The smallest absolute Gasteiger partial charge is 0.221 e. The number of carbonyl (C=O) groups excluding carboxylic acids is 1. The number of nitrogens with zero attached hydrogens (tertiary/aromatic N) is 2. The van der Waals surface area contributed by atoms with E-state index in [2.05, 4.69) is 15.6 Å². The average molecular weight is 429 g/mol. The van der Waals surface area contributed by atoms with E-state index in [9.17, 15) is 9.18 Å².